The number of hydrogen-bond acceptors (Lipinski definition) is 5. The van der Waals surface area contributed by atoms with Gasteiger partial charge in [-0.25, -0.2) is 21.9 Å². The minimum atomic E-state index is -3.93. The average Bonchev–Trinajstić information content (AvgIpc) is 2.78. The summed E-state index contributed by atoms with van der Waals surface area (Å²) in [5.41, 5.74) is 1.20. The zero-order chi connectivity index (χ0) is 25.8. The second-order valence-electron chi connectivity index (χ2n) is 7.63. The van der Waals surface area contributed by atoms with Crippen LogP contribution in [0.4, 0.5) is 20.2 Å². The molecule has 0 atom stereocenters. The summed E-state index contributed by atoms with van der Waals surface area (Å²) in [6, 6.07) is 11.6. The van der Waals surface area contributed by atoms with Gasteiger partial charge < -0.3 is 10.6 Å². The van der Waals surface area contributed by atoms with Crippen LogP contribution in [0, 0.1) is 18.6 Å². The fraction of sp³-hybridized carbons (Fsp3) is 0.167. The minimum absolute atomic E-state index is 0.0198. The maximum atomic E-state index is 13.9. The summed E-state index contributed by atoms with van der Waals surface area (Å²) in [6.45, 7) is 3.08. The van der Waals surface area contributed by atoms with Crippen LogP contribution in [0.2, 0.25) is 5.02 Å². The van der Waals surface area contributed by atoms with Crippen molar-refractivity contribution in [3.63, 3.8) is 0 Å². The van der Waals surface area contributed by atoms with E-state index < -0.39 is 27.4 Å². The fourth-order valence-electron chi connectivity index (χ4n) is 3.19. The number of carbonyl (C=O) groups is 2. The summed E-state index contributed by atoms with van der Waals surface area (Å²) >= 11 is 6.32. The van der Waals surface area contributed by atoms with E-state index in [4.69, 9.17) is 11.6 Å². The predicted molar refractivity (Wildman–Crippen MR) is 130 cm³/mol. The molecule has 0 saturated carbocycles. The second kappa shape index (κ2) is 10.9. The van der Waals surface area contributed by atoms with Gasteiger partial charge >= 0.3 is 0 Å². The zero-order valence-electron chi connectivity index (χ0n) is 18.8. The molecule has 3 N–H and O–H groups in total. The van der Waals surface area contributed by atoms with Gasteiger partial charge in [0.2, 0.25) is 15.9 Å². The molecule has 1 amide bonds. The summed E-state index contributed by atoms with van der Waals surface area (Å²) in [5, 5.41) is 5.31. The molecule has 11 heteroatoms. The van der Waals surface area contributed by atoms with E-state index in [0.29, 0.717) is 11.3 Å². The Labute approximate surface area is 206 Å². The monoisotopic (exact) mass is 521 g/mol. The predicted octanol–water partition coefficient (Wildman–Crippen LogP) is 4.32. The molecule has 0 aliphatic heterocycles. The van der Waals surface area contributed by atoms with Gasteiger partial charge in [0.1, 0.15) is 11.6 Å². The Bertz CT molecular complexity index is 1400. The molecular weight excluding hydrogens is 500 g/mol. The van der Waals surface area contributed by atoms with Crippen LogP contribution in [0.25, 0.3) is 0 Å². The van der Waals surface area contributed by atoms with E-state index >= 15 is 0 Å². The molecule has 184 valence electrons. The lowest BCUT2D eigenvalue weighted by atomic mass is 9.99. The third-order valence-electron chi connectivity index (χ3n) is 4.98. The lowest BCUT2D eigenvalue weighted by Gasteiger charge is -2.13. The van der Waals surface area contributed by atoms with Crippen LogP contribution in [0.3, 0.4) is 0 Å². The Morgan fingerprint density at radius 2 is 1.69 bits per heavy atom. The molecule has 0 aliphatic carbocycles. The van der Waals surface area contributed by atoms with Crippen molar-refractivity contribution >= 4 is 44.7 Å². The number of aryl methyl sites for hydroxylation is 1. The summed E-state index contributed by atoms with van der Waals surface area (Å²) in [4.78, 5) is 24.0. The second-order valence-corrected chi connectivity index (χ2v) is 9.80. The van der Waals surface area contributed by atoms with Crippen LogP contribution in [0.5, 0.6) is 0 Å². The molecule has 0 fully saturated rings. The molecule has 0 radical (unpaired) electrons. The molecule has 0 spiro atoms. The standard InChI is InChI=1S/C24H22ClF2N3O4S/c1-14-3-6-18(35(33,34)29-10-9-28-15(2)31)13-20(14)24(32)19-7-5-17(12-21(19)25)30-23-8-4-16(26)11-22(23)27/h3-8,11-13,29-30H,9-10H2,1-2H3,(H,28,31). The van der Waals surface area contributed by atoms with Crippen molar-refractivity contribution in [1.82, 2.24) is 10.0 Å². The van der Waals surface area contributed by atoms with Gasteiger partial charge in [-0.3, -0.25) is 9.59 Å². The smallest absolute Gasteiger partial charge is 0.240 e. The number of hydrogen-bond donors (Lipinski definition) is 3. The Kier molecular flexibility index (Phi) is 8.21. The third kappa shape index (κ3) is 6.62. The maximum Gasteiger partial charge on any atom is 0.240 e. The van der Waals surface area contributed by atoms with Gasteiger partial charge in [-0.1, -0.05) is 17.7 Å². The van der Waals surface area contributed by atoms with Gasteiger partial charge in [-0.15, -0.1) is 0 Å². The summed E-state index contributed by atoms with van der Waals surface area (Å²) in [7, 11) is -3.93. The third-order valence-corrected chi connectivity index (χ3v) is 6.75. The molecule has 0 bridgehead atoms. The van der Waals surface area contributed by atoms with Crippen molar-refractivity contribution in [3.05, 3.63) is 87.9 Å². The molecule has 0 heterocycles. The SMILES string of the molecule is CC(=O)NCCNS(=O)(=O)c1ccc(C)c(C(=O)c2ccc(Nc3ccc(F)cc3F)cc2Cl)c1. The van der Waals surface area contributed by atoms with Crippen molar-refractivity contribution in [2.24, 2.45) is 0 Å². The molecular formula is C24H22ClF2N3O4S. The van der Waals surface area contributed by atoms with E-state index in [0.717, 1.165) is 12.1 Å². The molecule has 3 aromatic carbocycles. The number of rotatable bonds is 9. The molecule has 3 aromatic rings. The van der Waals surface area contributed by atoms with Crippen molar-refractivity contribution in [1.29, 1.82) is 0 Å². The number of ketones is 1. The molecule has 7 nitrogen and oxygen atoms in total. The van der Waals surface area contributed by atoms with Crippen molar-refractivity contribution < 1.29 is 26.8 Å². The number of amides is 1. The Balaban J connectivity index is 1.82. The zero-order valence-corrected chi connectivity index (χ0v) is 20.4. The molecule has 35 heavy (non-hydrogen) atoms. The lowest BCUT2D eigenvalue weighted by molar-refractivity contribution is -0.118. The molecule has 0 aliphatic rings. The van der Waals surface area contributed by atoms with Crippen LogP contribution in [0.1, 0.15) is 28.4 Å². The number of halogens is 3. The number of sulfonamides is 1. The fourth-order valence-corrected chi connectivity index (χ4v) is 4.51. The van der Waals surface area contributed by atoms with Crippen LogP contribution in [-0.4, -0.2) is 33.2 Å². The Hall–Kier alpha value is -3.34. The summed E-state index contributed by atoms with van der Waals surface area (Å²) < 4.78 is 54.6. The van der Waals surface area contributed by atoms with Gasteiger partial charge in [0.15, 0.2) is 5.78 Å². The van der Waals surface area contributed by atoms with Crippen molar-refractivity contribution in [3.8, 4) is 0 Å². The lowest BCUT2D eigenvalue weighted by Crippen LogP contribution is -2.33. The van der Waals surface area contributed by atoms with E-state index in [9.17, 15) is 26.8 Å². The molecule has 0 unspecified atom stereocenters. The highest BCUT2D eigenvalue weighted by atomic mass is 35.5. The topological polar surface area (TPSA) is 104 Å². The van der Waals surface area contributed by atoms with Crippen LogP contribution < -0.4 is 15.4 Å². The largest absolute Gasteiger partial charge is 0.355 e. The average molecular weight is 522 g/mol. The number of nitrogens with one attached hydrogen (secondary N) is 3. The van der Waals surface area contributed by atoms with Crippen LogP contribution in [0.15, 0.2) is 59.5 Å². The number of benzene rings is 3. The Morgan fingerprint density at radius 1 is 0.943 bits per heavy atom. The normalized spacial score (nSPS) is 11.2. The highest BCUT2D eigenvalue weighted by Gasteiger charge is 2.20. The minimum Gasteiger partial charge on any atom is -0.355 e. The van der Waals surface area contributed by atoms with Crippen LogP contribution >= 0.6 is 11.6 Å². The molecule has 3 rings (SSSR count). The first-order valence-electron chi connectivity index (χ1n) is 10.4. The first kappa shape index (κ1) is 26.3. The highest BCUT2D eigenvalue weighted by Crippen LogP contribution is 2.28. The Morgan fingerprint density at radius 3 is 2.34 bits per heavy atom. The van der Waals surface area contributed by atoms with E-state index in [1.54, 1.807) is 6.92 Å². The highest BCUT2D eigenvalue weighted by molar-refractivity contribution is 7.89. The quantitative estimate of drug-likeness (QED) is 0.287. The van der Waals surface area contributed by atoms with E-state index in [1.165, 1.54) is 49.4 Å². The van der Waals surface area contributed by atoms with Crippen molar-refractivity contribution in [2.75, 3.05) is 18.4 Å². The van der Waals surface area contributed by atoms with Crippen molar-refractivity contribution in [2.45, 2.75) is 18.7 Å². The summed E-state index contributed by atoms with van der Waals surface area (Å²) in [5.74, 6) is -2.29. The van der Waals surface area contributed by atoms with Gasteiger partial charge in [0.25, 0.3) is 0 Å². The maximum absolute atomic E-state index is 13.9. The van der Waals surface area contributed by atoms with Gasteiger partial charge in [0, 0.05) is 42.9 Å². The first-order chi connectivity index (χ1) is 16.5. The first-order valence-corrected chi connectivity index (χ1v) is 12.2. The molecule has 0 aromatic heterocycles. The van der Waals surface area contributed by atoms with E-state index in [1.807, 2.05) is 0 Å². The summed E-state index contributed by atoms with van der Waals surface area (Å²) in [6.07, 6.45) is 0. The van der Waals surface area contributed by atoms with Gasteiger partial charge in [-0.05, 0) is 55.0 Å². The number of carbonyl (C=O) groups excluding carboxylic acids is 2. The van der Waals surface area contributed by atoms with Gasteiger partial charge in [0.05, 0.1) is 15.6 Å². The van der Waals surface area contributed by atoms with Crippen LogP contribution in [-0.2, 0) is 14.8 Å². The van der Waals surface area contributed by atoms with E-state index in [2.05, 4.69) is 15.4 Å². The number of anilines is 2. The molecule has 0 saturated heterocycles. The van der Waals surface area contributed by atoms with E-state index in [-0.39, 0.29) is 45.7 Å². The van der Waals surface area contributed by atoms with Gasteiger partial charge in [-0.2, -0.15) is 0 Å².